The fourth-order valence-corrected chi connectivity index (χ4v) is 3.93. The third-order valence-corrected chi connectivity index (χ3v) is 5.04. The van der Waals surface area contributed by atoms with Crippen molar-refractivity contribution in [3.8, 4) is 5.75 Å². The maximum atomic E-state index is 12.0. The Bertz CT molecular complexity index is 711. The number of aromatic nitrogens is 2. The number of carbonyl (C=O) groups excluding carboxylic acids is 1. The van der Waals surface area contributed by atoms with E-state index in [1.165, 1.54) is 0 Å². The summed E-state index contributed by atoms with van der Waals surface area (Å²) in [5.41, 5.74) is 3.17. The predicted molar refractivity (Wildman–Crippen MR) is 88.6 cm³/mol. The van der Waals surface area contributed by atoms with E-state index in [9.17, 15) is 4.79 Å². The molecule has 1 aliphatic heterocycles. The summed E-state index contributed by atoms with van der Waals surface area (Å²) < 4.78 is 7.19. The number of ether oxygens (including phenoxy) is 1. The number of benzene rings is 1. The van der Waals surface area contributed by atoms with Gasteiger partial charge in [0.1, 0.15) is 11.6 Å². The second kappa shape index (κ2) is 6.04. The molecule has 1 aromatic carbocycles. The Kier molecular flexibility index (Phi) is 4.11. The van der Waals surface area contributed by atoms with Gasteiger partial charge in [-0.05, 0) is 31.5 Å². The van der Waals surface area contributed by atoms with Crippen LogP contribution in [0.25, 0.3) is 0 Å². The number of hydrogen-bond donors (Lipinski definition) is 1. The summed E-state index contributed by atoms with van der Waals surface area (Å²) in [7, 11) is 1.66. The van der Waals surface area contributed by atoms with E-state index in [4.69, 9.17) is 4.74 Å². The first kappa shape index (κ1) is 15.0. The molecule has 1 aliphatic rings. The Hall–Kier alpha value is -1.95. The molecule has 0 bridgehead atoms. The molecule has 1 atom stereocenters. The van der Waals surface area contributed by atoms with Gasteiger partial charge in [0.2, 0.25) is 5.91 Å². The minimum Gasteiger partial charge on any atom is -0.497 e. The van der Waals surface area contributed by atoms with Crippen molar-refractivity contribution in [3.63, 3.8) is 0 Å². The number of anilines is 1. The average molecular weight is 317 g/mol. The summed E-state index contributed by atoms with van der Waals surface area (Å²) in [5.74, 6) is 2.09. The normalized spacial score (nSPS) is 17.6. The number of fused-ring (bicyclic) bond motifs is 1. The van der Waals surface area contributed by atoms with E-state index in [0.717, 1.165) is 34.9 Å². The fourth-order valence-electron chi connectivity index (χ4n) is 2.75. The molecule has 0 saturated heterocycles. The van der Waals surface area contributed by atoms with E-state index in [2.05, 4.69) is 16.5 Å². The third kappa shape index (κ3) is 2.59. The van der Waals surface area contributed by atoms with Gasteiger partial charge in [0.05, 0.1) is 23.8 Å². The number of carbonyl (C=O) groups is 1. The molecule has 1 amide bonds. The van der Waals surface area contributed by atoms with Crippen molar-refractivity contribution in [2.75, 3.05) is 18.2 Å². The number of thioether (sulfide) groups is 1. The van der Waals surface area contributed by atoms with Gasteiger partial charge in [0.25, 0.3) is 0 Å². The van der Waals surface area contributed by atoms with Gasteiger partial charge in [-0.3, -0.25) is 4.79 Å². The summed E-state index contributed by atoms with van der Waals surface area (Å²) in [4.78, 5) is 12.0. The van der Waals surface area contributed by atoms with Crippen LogP contribution in [-0.4, -0.2) is 28.6 Å². The van der Waals surface area contributed by atoms with Crippen molar-refractivity contribution in [3.05, 3.63) is 41.1 Å². The molecule has 0 fully saturated rings. The van der Waals surface area contributed by atoms with Crippen LogP contribution in [-0.2, 0) is 11.3 Å². The number of hydrogen-bond acceptors (Lipinski definition) is 4. The molecule has 0 radical (unpaired) electrons. The highest BCUT2D eigenvalue weighted by atomic mass is 32.2. The molecule has 1 unspecified atom stereocenters. The first-order valence-corrected chi connectivity index (χ1v) is 8.31. The second-order valence-electron chi connectivity index (χ2n) is 5.18. The van der Waals surface area contributed by atoms with Crippen LogP contribution in [0, 0.1) is 6.92 Å². The topological polar surface area (TPSA) is 56.2 Å². The summed E-state index contributed by atoms with van der Waals surface area (Å²) in [6, 6.07) is 8.01. The Balaban J connectivity index is 2.13. The molecule has 2 aromatic rings. The zero-order chi connectivity index (χ0) is 15.7. The molecular formula is C16H19N3O2S. The lowest BCUT2D eigenvalue weighted by molar-refractivity contribution is -0.113. The van der Waals surface area contributed by atoms with Gasteiger partial charge in [0.15, 0.2) is 0 Å². The zero-order valence-electron chi connectivity index (χ0n) is 12.9. The van der Waals surface area contributed by atoms with Gasteiger partial charge in [-0.2, -0.15) is 5.10 Å². The van der Waals surface area contributed by atoms with E-state index in [1.807, 2.05) is 36.7 Å². The van der Waals surface area contributed by atoms with E-state index in [1.54, 1.807) is 18.9 Å². The lowest BCUT2D eigenvalue weighted by Crippen LogP contribution is -2.16. The molecule has 0 saturated carbocycles. The molecule has 1 N–H and O–H groups in total. The number of methoxy groups -OCH3 is 1. The lowest BCUT2D eigenvalue weighted by atomic mass is 10.0. The average Bonchev–Trinajstić information content (AvgIpc) is 2.73. The van der Waals surface area contributed by atoms with Gasteiger partial charge in [-0.1, -0.05) is 12.1 Å². The van der Waals surface area contributed by atoms with Crippen LogP contribution < -0.4 is 10.1 Å². The van der Waals surface area contributed by atoms with Crippen LogP contribution in [0.5, 0.6) is 5.75 Å². The summed E-state index contributed by atoms with van der Waals surface area (Å²) >= 11 is 1.62. The Morgan fingerprint density at radius 1 is 1.50 bits per heavy atom. The first-order chi connectivity index (χ1) is 10.6. The fraction of sp³-hybridized carbons (Fsp3) is 0.375. The number of amides is 1. The van der Waals surface area contributed by atoms with Crippen LogP contribution in [0.4, 0.5) is 5.82 Å². The quantitative estimate of drug-likeness (QED) is 0.945. The highest BCUT2D eigenvalue weighted by Crippen LogP contribution is 2.43. The van der Waals surface area contributed by atoms with Crippen LogP contribution in [0.2, 0.25) is 0 Å². The molecule has 6 heteroatoms. The monoisotopic (exact) mass is 317 g/mol. The number of nitrogens with one attached hydrogen (secondary N) is 1. The molecule has 1 aromatic heterocycles. The summed E-state index contributed by atoms with van der Waals surface area (Å²) in [6.07, 6.45) is 0. The van der Waals surface area contributed by atoms with Crippen molar-refractivity contribution in [2.24, 2.45) is 0 Å². The summed E-state index contributed by atoms with van der Waals surface area (Å²) in [5, 5.41) is 7.64. The van der Waals surface area contributed by atoms with Crippen LogP contribution in [0.15, 0.2) is 24.3 Å². The molecular weight excluding hydrogens is 298 g/mol. The standard InChI is InChI=1S/C16H19N3O2S/c1-4-19-16-14(10(2)18-19)15(22-9-13(20)17-16)11-6-5-7-12(8-11)21-3/h5-8,15H,4,9H2,1-3H3,(H,17,20). The molecule has 0 aliphatic carbocycles. The highest BCUT2D eigenvalue weighted by molar-refractivity contribution is 8.00. The van der Waals surface area contributed by atoms with Crippen molar-refractivity contribution in [1.29, 1.82) is 0 Å². The van der Waals surface area contributed by atoms with E-state index in [0.29, 0.717) is 5.75 Å². The third-order valence-electron chi connectivity index (χ3n) is 3.77. The van der Waals surface area contributed by atoms with E-state index >= 15 is 0 Å². The van der Waals surface area contributed by atoms with Crippen LogP contribution >= 0.6 is 11.8 Å². The van der Waals surface area contributed by atoms with Gasteiger partial charge < -0.3 is 10.1 Å². The predicted octanol–water partition coefficient (Wildman–Crippen LogP) is 2.99. The highest BCUT2D eigenvalue weighted by Gasteiger charge is 2.29. The molecule has 0 spiro atoms. The Morgan fingerprint density at radius 2 is 2.32 bits per heavy atom. The minimum absolute atomic E-state index is 0.0197. The van der Waals surface area contributed by atoms with Gasteiger partial charge in [0, 0.05) is 12.1 Å². The first-order valence-electron chi connectivity index (χ1n) is 7.26. The van der Waals surface area contributed by atoms with Gasteiger partial charge in [-0.25, -0.2) is 4.68 Å². The molecule has 3 rings (SSSR count). The maximum absolute atomic E-state index is 12.0. The zero-order valence-corrected chi connectivity index (χ0v) is 13.7. The molecule has 116 valence electrons. The maximum Gasteiger partial charge on any atom is 0.235 e. The van der Waals surface area contributed by atoms with Crippen molar-refractivity contribution in [1.82, 2.24) is 9.78 Å². The molecule has 2 heterocycles. The Morgan fingerprint density at radius 3 is 3.05 bits per heavy atom. The molecule has 22 heavy (non-hydrogen) atoms. The summed E-state index contributed by atoms with van der Waals surface area (Å²) in [6.45, 7) is 4.75. The van der Waals surface area contributed by atoms with Crippen molar-refractivity contribution >= 4 is 23.5 Å². The van der Waals surface area contributed by atoms with E-state index < -0.39 is 0 Å². The second-order valence-corrected chi connectivity index (χ2v) is 6.27. The van der Waals surface area contributed by atoms with Crippen LogP contribution in [0.3, 0.4) is 0 Å². The van der Waals surface area contributed by atoms with Gasteiger partial charge in [-0.15, -0.1) is 11.8 Å². The van der Waals surface area contributed by atoms with Crippen molar-refractivity contribution < 1.29 is 9.53 Å². The van der Waals surface area contributed by atoms with Crippen molar-refractivity contribution in [2.45, 2.75) is 25.6 Å². The largest absolute Gasteiger partial charge is 0.497 e. The Labute approximate surface area is 134 Å². The van der Waals surface area contributed by atoms with Gasteiger partial charge >= 0.3 is 0 Å². The SMILES string of the molecule is CCn1nc(C)c2c1NC(=O)CSC2c1cccc(OC)c1. The number of aryl methyl sites for hydroxylation is 2. The van der Waals surface area contributed by atoms with Crippen LogP contribution in [0.1, 0.15) is 29.0 Å². The number of rotatable bonds is 3. The lowest BCUT2D eigenvalue weighted by Gasteiger charge is -2.16. The minimum atomic E-state index is 0.0197. The molecule has 5 nitrogen and oxygen atoms in total. The van der Waals surface area contributed by atoms with E-state index in [-0.39, 0.29) is 11.2 Å². The smallest absolute Gasteiger partial charge is 0.235 e. The number of nitrogens with zero attached hydrogens (tertiary/aromatic N) is 2.